The van der Waals surface area contributed by atoms with Gasteiger partial charge in [0.1, 0.15) is 18.0 Å². The van der Waals surface area contributed by atoms with Crippen LogP contribution in [0.25, 0.3) is 10.8 Å². The fourth-order valence-corrected chi connectivity index (χ4v) is 12.8. The average Bonchev–Trinajstić information content (AvgIpc) is 3.48. The second-order valence-corrected chi connectivity index (χ2v) is 15.3. The van der Waals surface area contributed by atoms with Gasteiger partial charge in [-0.3, -0.25) is 0 Å². The topological polar surface area (TPSA) is 18.5 Å². The molecular formula is C35H40O2. The lowest BCUT2D eigenvalue weighted by Crippen LogP contribution is -2.50. The molecule has 2 unspecified atom stereocenters. The molecule has 37 heavy (non-hydrogen) atoms. The number of ether oxygens (including phenoxy) is 2. The number of methoxy groups -OCH3 is 1. The van der Waals surface area contributed by atoms with Crippen LogP contribution in [-0.2, 0) is 15.6 Å². The van der Waals surface area contributed by atoms with E-state index in [1.54, 1.807) is 16.5 Å². The number of hydrogen-bond donors (Lipinski definition) is 0. The van der Waals surface area contributed by atoms with Gasteiger partial charge in [0.15, 0.2) is 0 Å². The summed E-state index contributed by atoms with van der Waals surface area (Å²) in [6.07, 6.45) is 22.5. The molecule has 10 aliphatic rings. The third-order valence-electron chi connectivity index (χ3n) is 13.1. The van der Waals surface area contributed by atoms with Crippen molar-refractivity contribution in [3.8, 4) is 5.75 Å². The van der Waals surface area contributed by atoms with Crippen LogP contribution in [0.1, 0.15) is 112 Å². The molecule has 192 valence electrons. The van der Waals surface area contributed by atoms with E-state index in [0.717, 1.165) is 41.3 Å². The van der Waals surface area contributed by atoms with E-state index in [-0.39, 0.29) is 12.2 Å². The minimum atomic E-state index is 0.105. The van der Waals surface area contributed by atoms with Crippen molar-refractivity contribution in [2.45, 2.75) is 100 Å². The molecule has 8 aliphatic carbocycles. The summed E-state index contributed by atoms with van der Waals surface area (Å²) in [5.74, 6) is 6.84. The first-order valence-electron chi connectivity index (χ1n) is 15.6. The van der Waals surface area contributed by atoms with Gasteiger partial charge in [-0.15, -0.1) is 0 Å². The molecule has 2 atom stereocenters. The van der Waals surface area contributed by atoms with Gasteiger partial charge in [-0.05, 0) is 152 Å². The van der Waals surface area contributed by atoms with Gasteiger partial charge in [-0.2, -0.15) is 0 Å². The zero-order valence-electron chi connectivity index (χ0n) is 22.3. The zero-order valence-corrected chi connectivity index (χ0v) is 22.3. The van der Waals surface area contributed by atoms with Crippen molar-refractivity contribution in [3.05, 3.63) is 52.6 Å². The van der Waals surface area contributed by atoms with E-state index in [1.807, 2.05) is 7.11 Å². The number of hydrogen-bond acceptors (Lipinski definition) is 2. The molecule has 2 aromatic rings. The summed E-state index contributed by atoms with van der Waals surface area (Å²) in [4.78, 5) is 0. The molecule has 2 aromatic carbocycles. The van der Waals surface area contributed by atoms with Crippen molar-refractivity contribution >= 4 is 10.8 Å². The molecule has 12 rings (SSSR count). The molecule has 0 spiro atoms. The van der Waals surface area contributed by atoms with Gasteiger partial charge in [-0.25, -0.2) is 0 Å². The first kappa shape index (κ1) is 21.1. The normalized spacial score (nSPS) is 47.4. The van der Waals surface area contributed by atoms with Crippen LogP contribution >= 0.6 is 0 Å². The molecule has 2 heteroatoms. The van der Waals surface area contributed by atoms with E-state index in [0.29, 0.717) is 10.8 Å². The van der Waals surface area contributed by atoms with Crippen LogP contribution in [-0.4, -0.2) is 7.11 Å². The van der Waals surface area contributed by atoms with Gasteiger partial charge in [0, 0.05) is 10.9 Å². The van der Waals surface area contributed by atoms with Gasteiger partial charge in [0.2, 0.25) is 0 Å². The van der Waals surface area contributed by atoms with Crippen LogP contribution in [0, 0.1) is 35.5 Å². The molecule has 10 bridgehead atoms. The van der Waals surface area contributed by atoms with Crippen molar-refractivity contribution in [2.75, 3.05) is 7.11 Å². The van der Waals surface area contributed by atoms with Gasteiger partial charge in [-0.1, -0.05) is 24.3 Å². The molecule has 2 nitrogen and oxygen atoms in total. The maximum absolute atomic E-state index is 6.55. The molecule has 0 saturated heterocycles. The predicted octanol–water partition coefficient (Wildman–Crippen LogP) is 8.47. The highest BCUT2D eigenvalue weighted by molar-refractivity contribution is 6.00. The highest BCUT2D eigenvalue weighted by atomic mass is 16.5. The third-order valence-corrected chi connectivity index (χ3v) is 13.1. The molecule has 0 N–H and O–H groups in total. The highest BCUT2D eigenvalue weighted by Gasteiger charge is 2.56. The Morgan fingerprint density at radius 3 is 1.70 bits per heavy atom. The summed E-state index contributed by atoms with van der Waals surface area (Å²) in [6, 6.07) is 7.63. The molecule has 2 aliphatic heterocycles. The molecule has 8 fully saturated rings. The van der Waals surface area contributed by atoms with Gasteiger partial charge < -0.3 is 9.47 Å². The molecule has 8 saturated carbocycles. The van der Waals surface area contributed by atoms with Crippen molar-refractivity contribution < 1.29 is 9.47 Å². The smallest absolute Gasteiger partial charge is 0.127 e. The Hall–Kier alpha value is -1.80. The van der Waals surface area contributed by atoms with Gasteiger partial charge in [0.05, 0.1) is 7.11 Å². The van der Waals surface area contributed by atoms with E-state index in [4.69, 9.17) is 9.47 Å². The number of rotatable bonds is 3. The van der Waals surface area contributed by atoms with Crippen LogP contribution in [0.3, 0.4) is 0 Å². The van der Waals surface area contributed by atoms with Crippen LogP contribution in [0.15, 0.2) is 30.4 Å². The molecule has 0 amide bonds. The van der Waals surface area contributed by atoms with Crippen molar-refractivity contribution in [3.63, 3.8) is 0 Å². The summed E-state index contributed by atoms with van der Waals surface area (Å²) in [7, 11) is 1.90. The lowest BCUT2D eigenvalue weighted by atomic mass is 9.46. The fraction of sp³-hybridized carbons (Fsp3) is 0.657. The molecule has 2 heterocycles. The minimum absolute atomic E-state index is 0.105. The monoisotopic (exact) mass is 492 g/mol. The van der Waals surface area contributed by atoms with E-state index in [9.17, 15) is 0 Å². The predicted molar refractivity (Wildman–Crippen MR) is 146 cm³/mol. The quantitative estimate of drug-likeness (QED) is 0.400. The maximum atomic E-state index is 6.55. The molecule has 0 radical (unpaired) electrons. The van der Waals surface area contributed by atoms with E-state index < -0.39 is 0 Å². The standard InChI is InChI=1S/C35H40O2/c1-36-29-3-2-26(34-13-19-6-20(14-34)8-21(7-19)15-34)32-27(12-25-28-4-5-30(37-28)31(25)33(29)32)35-16-22-9-23(17-35)11-24(10-22)18-35/h2-5,12,19-24,28,30H,6-11,13-18H2,1H3. The van der Waals surface area contributed by atoms with Crippen LogP contribution in [0.5, 0.6) is 5.75 Å². The minimum Gasteiger partial charge on any atom is -0.496 e. The lowest BCUT2D eigenvalue weighted by Gasteiger charge is -2.59. The van der Waals surface area contributed by atoms with E-state index in [2.05, 4.69) is 30.4 Å². The Balaban J connectivity index is 1.29. The van der Waals surface area contributed by atoms with Crippen molar-refractivity contribution in [1.29, 1.82) is 0 Å². The average molecular weight is 493 g/mol. The summed E-state index contributed by atoms with van der Waals surface area (Å²) in [5, 5.41) is 3.09. The van der Waals surface area contributed by atoms with Gasteiger partial charge in [0.25, 0.3) is 0 Å². The Kier molecular flexibility index (Phi) is 3.90. The van der Waals surface area contributed by atoms with Crippen LogP contribution < -0.4 is 4.74 Å². The van der Waals surface area contributed by atoms with E-state index >= 15 is 0 Å². The Labute approximate surface area is 221 Å². The van der Waals surface area contributed by atoms with Crippen molar-refractivity contribution in [2.24, 2.45) is 35.5 Å². The molecule has 0 aromatic heterocycles. The van der Waals surface area contributed by atoms with Gasteiger partial charge >= 0.3 is 0 Å². The Morgan fingerprint density at radius 2 is 1.16 bits per heavy atom. The van der Waals surface area contributed by atoms with Crippen LogP contribution in [0.4, 0.5) is 0 Å². The third kappa shape index (κ3) is 2.63. The van der Waals surface area contributed by atoms with Crippen LogP contribution in [0.2, 0.25) is 0 Å². The Morgan fingerprint density at radius 1 is 0.649 bits per heavy atom. The maximum Gasteiger partial charge on any atom is 0.127 e. The SMILES string of the molecule is COc1ccc(C23CC4CC(CC(C4)C2)C3)c2c(C34CC5CC(CC(C5)C3)C4)cc3c(c12)C1C=CC3O1. The number of benzene rings is 2. The summed E-state index contributed by atoms with van der Waals surface area (Å²) < 4.78 is 12.8. The summed E-state index contributed by atoms with van der Waals surface area (Å²) >= 11 is 0. The van der Waals surface area contributed by atoms with Crippen molar-refractivity contribution in [1.82, 2.24) is 0 Å². The fourth-order valence-electron chi connectivity index (χ4n) is 12.8. The Bertz CT molecular complexity index is 1310. The van der Waals surface area contributed by atoms with E-state index in [1.165, 1.54) is 93.6 Å². The largest absolute Gasteiger partial charge is 0.496 e. The highest BCUT2D eigenvalue weighted by Crippen LogP contribution is 2.66. The number of fused-ring (bicyclic) bond motifs is 7. The molecular weight excluding hydrogens is 452 g/mol. The summed E-state index contributed by atoms with van der Waals surface area (Å²) in [6.45, 7) is 0. The summed E-state index contributed by atoms with van der Waals surface area (Å²) in [5.41, 5.74) is 7.12. The first-order chi connectivity index (χ1) is 18.1. The first-order valence-corrected chi connectivity index (χ1v) is 15.6. The second-order valence-electron chi connectivity index (χ2n) is 15.3. The lowest BCUT2D eigenvalue weighted by molar-refractivity contribution is -0.00683. The second kappa shape index (κ2) is 6.85. The zero-order chi connectivity index (χ0) is 24.1.